The number of esters is 1. The van der Waals surface area contributed by atoms with E-state index in [0.29, 0.717) is 10.6 Å². The van der Waals surface area contributed by atoms with Gasteiger partial charge in [-0.1, -0.05) is 54.1 Å². The fraction of sp³-hybridized carbons (Fsp3) is 0.105. The SMILES string of the molecule is CC(OC(=O)/C(=C/c1ccccc1)c1ccc(Cl)cc1)C(=O)NC(N)=O. The number of urea groups is 1. The van der Waals surface area contributed by atoms with E-state index in [1.807, 2.05) is 35.6 Å². The number of primary amides is 1. The molecule has 0 spiro atoms. The third kappa shape index (κ3) is 5.46. The molecule has 0 aromatic heterocycles. The van der Waals surface area contributed by atoms with E-state index in [0.717, 1.165) is 5.56 Å². The number of imide groups is 1. The Labute approximate surface area is 155 Å². The average Bonchev–Trinajstić information content (AvgIpc) is 2.60. The molecule has 1 atom stereocenters. The average molecular weight is 373 g/mol. The first-order valence-electron chi connectivity index (χ1n) is 7.71. The molecule has 3 amide bonds. The van der Waals surface area contributed by atoms with Crippen LogP contribution in [0.3, 0.4) is 0 Å². The fourth-order valence-electron chi connectivity index (χ4n) is 2.11. The van der Waals surface area contributed by atoms with Crippen molar-refractivity contribution in [3.63, 3.8) is 0 Å². The molecule has 0 fully saturated rings. The maximum atomic E-state index is 12.6. The van der Waals surface area contributed by atoms with Gasteiger partial charge in [0.05, 0.1) is 5.57 Å². The summed E-state index contributed by atoms with van der Waals surface area (Å²) in [6.07, 6.45) is 0.450. The number of nitrogens with one attached hydrogen (secondary N) is 1. The molecule has 0 bridgehead atoms. The van der Waals surface area contributed by atoms with Gasteiger partial charge in [0.25, 0.3) is 5.91 Å². The number of nitrogens with two attached hydrogens (primary N) is 1. The first-order chi connectivity index (χ1) is 12.4. The van der Waals surface area contributed by atoms with Crippen LogP contribution in [0.2, 0.25) is 5.02 Å². The second-order valence-electron chi connectivity index (χ2n) is 5.38. The number of ether oxygens (including phenoxy) is 1. The molecule has 2 aromatic rings. The topological polar surface area (TPSA) is 98.5 Å². The van der Waals surface area contributed by atoms with Crippen molar-refractivity contribution in [3.05, 3.63) is 70.7 Å². The van der Waals surface area contributed by atoms with Gasteiger partial charge in [0.15, 0.2) is 6.10 Å². The Balaban J connectivity index is 2.30. The van der Waals surface area contributed by atoms with E-state index in [-0.39, 0.29) is 5.57 Å². The molecule has 3 N–H and O–H groups in total. The van der Waals surface area contributed by atoms with E-state index in [1.54, 1.807) is 30.3 Å². The molecule has 0 aliphatic heterocycles. The Hall–Kier alpha value is -3.12. The Kier molecular flexibility index (Phi) is 6.52. The molecule has 0 saturated carbocycles. The van der Waals surface area contributed by atoms with E-state index < -0.39 is 24.0 Å². The highest BCUT2D eigenvalue weighted by atomic mass is 35.5. The zero-order chi connectivity index (χ0) is 19.1. The predicted molar refractivity (Wildman–Crippen MR) is 99.0 cm³/mol. The number of amides is 3. The van der Waals surface area contributed by atoms with E-state index in [1.165, 1.54) is 6.92 Å². The minimum Gasteiger partial charge on any atom is -0.449 e. The zero-order valence-electron chi connectivity index (χ0n) is 13.9. The van der Waals surface area contributed by atoms with Gasteiger partial charge in [-0.15, -0.1) is 0 Å². The molecular formula is C19H17ClN2O4. The third-order valence-electron chi connectivity index (χ3n) is 3.39. The van der Waals surface area contributed by atoms with E-state index in [4.69, 9.17) is 22.1 Å². The molecule has 0 heterocycles. The number of hydrogen-bond donors (Lipinski definition) is 2. The minimum absolute atomic E-state index is 0.242. The number of carbonyl (C=O) groups excluding carboxylic acids is 3. The van der Waals surface area contributed by atoms with Crippen LogP contribution in [0, 0.1) is 0 Å². The van der Waals surface area contributed by atoms with Crippen LogP contribution in [0.4, 0.5) is 4.79 Å². The van der Waals surface area contributed by atoms with E-state index >= 15 is 0 Å². The van der Waals surface area contributed by atoms with Gasteiger partial charge in [-0.05, 0) is 36.3 Å². The molecular weight excluding hydrogens is 356 g/mol. The van der Waals surface area contributed by atoms with Gasteiger partial charge in [0, 0.05) is 5.02 Å². The Bertz CT molecular complexity index is 832. The largest absolute Gasteiger partial charge is 0.449 e. The van der Waals surface area contributed by atoms with Crippen molar-refractivity contribution in [3.8, 4) is 0 Å². The molecule has 0 saturated heterocycles. The fourth-order valence-corrected chi connectivity index (χ4v) is 2.23. The highest BCUT2D eigenvalue weighted by molar-refractivity contribution is 6.30. The highest BCUT2D eigenvalue weighted by Gasteiger charge is 2.22. The lowest BCUT2D eigenvalue weighted by Crippen LogP contribution is -2.42. The monoisotopic (exact) mass is 372 g/mol. The second kappa shape index (κ2) is 8.82. The van der Waals surface area contributed by atoms with Crippen molar-refractivity contribution in [2.24, 2.45) is 5.73 Å². The molecule has 134 valence electrons. The summed E-state index contributed by atoms with van der Waals surface area (Å²) in [5.41, 5.74) is 6.49. The molecule has 0 aliphatic carbocycles. The van der Waals surface area contributed by atoms with Crippen LogP contribution in [0.1, 0.15) is 18.1 Å². The summed E-state index contributed by atoms with van der Waals surface area (Å²) in [7, 11) is 0. The standard InChI is InChI=1S/C19H17ClN2O4/c1-12(17(23)22-19(21)25)26-18(24)16(11-13-5-3-2-4-6-13)14-7-9-15(20)10-8-14/h2-12H,1H3,(H3,21,22,23,25)/b16-11+. The van der Waals surface area contributed by atoms with Crippen LogP contribution in [0.25, 0.3) is 11.6 Å². The quantitative estimate of drug-likeness (QED) is 0.478. The van der Waals surface area contributed by atoms with E-state index in [2.05, 4.69) is 0 Å². The Morgan fingerprint density at radius 2 is 1.69 bits per heavy atom. The Morgan fingerprint density at radius 1 is 1.08 bits per heavy atom. The summed E-state index contributed by atoms with van der Waals surface area (Å²) in [6.45, 7) is 1.35. The number of carbonyl (C=O) groups is 3. The van der Waals surface area contributed by atoms with Gasteiger partial charge < -0.3 is 10.5 Å². The first kappa shape index (κ1) is 19.2. The molecule has 0 radical (unpaired) electrons. The maximum Gasteiger partial charge on any atom is 0.339 e. The van der Waals surface area contributed by atoms with E-state index in [9.17, 15) is 14.4 Å². The molecule has 6 nitrogen and oxygen atoms in total. The molecule has 2 aromatic carbocycles. The molecule has 26 heavy (non-hydrogen) atoms. The van der Waals surface area contributed by atoms with Crippen molar-refractivity contribution in [2.45, 2.75) is 13.0 Å². The highest BCUT2D eigenvalue weighted by Crippen LogP contribution is 2.22. The predicted octanol–water partition coefficient (Wildman–Crippen LogP) is 3.01. The summed E-state index contributed by atoms with van der Waals surface area (Å²) in [6, 6.07) is 14.8. The zero-order valence-corrected chi connectivity index (χ0v) is 14.7. The van der Waals surface area contributed by atoms with Crippen molar-refractivity contribution in [1.82, 2.24) is 5.32 Å². The van der Waals surface area contributed by atoms with Crippen molar-refractivity contribution in [1.29, 1.82) is 0 Å². The maximum absolute atomic E-state index is 12.6. The van der Waals surface area contributed by atoms with Crippen LogP contribution >= 0.6 is 11.6 Å². The molecule has 2 rings (SSSR count). The number of benzene rings is 2. The summed E-state index contributed by atoms with van der Waals surface area (Å²) in [5.74, 6) is -1.52. The van der Waals surface area contributed by atoms with Crippen LogP contribution in [-0.2, 0) is 14.3 Å². The summed E-state index contributed by atoms with van der Waals surface area (Å²) in [5, 5.41) is 2.39. The number of rotatable bonds is 5. The van der Waals surface area contributed by atoms with Crippen molar-refractivity contribution < 1.29 is 19.1 Å². The minimum atomic E-state index is -1.19. The smallest absolute Gasteiger partial charge is 0.339 e. The lowest BCUT2D eigenvalue weighted by molar-refractivity contribution is -0.148. The van der Waals surface area contributed by atoms with Gasteiger partial charge in [0.1, 0.15) is 0 Å². The second-order valence-corrected chi connectivity index (χ2v) is 5.81. The van der Waals surface area contributed by atoms with Crippen LogP contribution < -0.4 is 11.1 Å². The van der Waals surface area contributed by atoms with Gasteiger partial charge in [-0.3, -0.25) is 10.1 Å². The third-order valence-corrected chi connectivity index (χ3v) is 3.64. The van der Waals surface area contributed by atoms with Crippen LogP contribution in [-0.4, -0.2) is 24.0 Å². The first-order valence-corrected chi connectivity index (χ1v) is 8.08. The lowest BCUT2D eigenvalue weighted by atomic mass is 10.0. The number of hydrogen-bond acceptors (Lipinski definition) is 4. The van der Waals surface area contributed by atoms with Gasteiger partial charge in [0.2, 0.25) is 0 Å². The normalized spacial score (nSPS) is 12.2. The Morgan fingerprint density at radius 3 is 2.27 bits per heavy atom. The van der Waals surface area contributed by atoms with Gasteiger partial charge >= 0.3 is 12.0 Å². The number of halogens is 1. The summed E-state index contributed by atoms with van der Waals surface area (Å²) >= 11 is 5.90. The van der Waals surface area contributed by atoms with Crippen LogP contribution in [0.5, 0.6) is 0 Å². The molecule has 7 heteroatoms. The molecule has 0 aliphatic rings. The van der Waals surface area contributed by atoms with Gasteiger partial charge in [-0.25, -0.2) is 9.59 Å². The van der Waals surface area contributed by atoms with Crippen molar-refractivity contribution >= 4 is 41.2 Å². The van der Waals surface area contributed by atoms with Crippen molar-refractivity contribution in [2.75, 3.05) is 0 Å². The summed E-state index contributed by atoms with van der Waals surface area (Å²) < 4.78 is 5.17. The lowest BCUT2D eigenvalue weighted by Gasteiger charge is -2.14. The molecule has 1 unspecified atom stereocenters. The van der Waals surface area contributed by atoms with Gasteiger partial charge in [-0.2, -0.15) is 0 Å². The van der Waals surface area contributed by atoms with Crippen LogP contribution in [0.15, 0.2) is 54.6 Å². The summed E-state index contributed by atoms with van der Waals surface area (Å²) in [4.78, 5) is 35.1.